The van der Waals surface area contributed by atoms with Crippen LogP contribution in [-0.4, -0.2) is 41.5 Å². The summed E-state index contributed by atoms with van der Waals surface area (Å²) in [5.41, 5.74) is 0. The Labute approximate surface area is 136 Å². The number of rotatable bonds is 7. The summed E-state index contributed by atoms with van der Waals surface area (Å²) in [6.45, 7) is 3.52. The lowest BCUT2D eigenvalue weighted by Gasteiger charge is -2.24. The van der Waals surface area contributed by atoms with Crippen LogP contribution in [0.5, 0.6) is 0 Å². The van der Waals surface area contributed by atoms with E-state index < -0.39 is 16.8 Å². The van der Waals surface area contributed by atoms with Crippen LogP contribution in [0, 0.1) is 0 Å². The van der Waals surface area contributed by atoms with Crippen LogP contribution in [-0.2, 0) is 14.3 Å². The number of thioether (sulfide) groups is 1. The van der Waals surface area contributed by atoms with Crippen molar-refractivity contribution in [3.05, 3.63) is 28.7 Å². The number of halogens is 1. The van der Waals surface area contributed by atoms with Gasteiger partial charge in [0, 0.05) is 16.5 Å². The van der Waals surface area contributed by atoms with Gasteiger partial charge in [0.1, 0.15) is 0 Å². The second-order valence-electron chi connectivity index (χ2n) is 4.84. The number of hydrogen-bond acceptors (Lipinski definition) is 4. The number of carboxylic acid groups (broad SMARTS) is 1. The van der Waals surface area contributed by atoms with Crippen molar-refractivity contribution in [3.8, 4) is 0 Å². The highest BCUT2D eigenvalue weighted by molar-refractivity contribution is 9.10. The van der Waals surface area contributed by atoms with E-state index >= 15 is 0 Å². The molecule has 0 bridgehead atoms. The van der Waals surface area contributed by atoms with E-state index in [-0.39, 0.29) is 12.5 Å². The fourth-order valence-corrected chi connectivity index (χ4v) is 2.80. The topological polar surface area (TPSA) is 75.6 Å². The average molecular weight is 376 g/mol. The average Bonchev–Trinajstić information content (AvgIpc) is 2.41. The minimum Gasteiger partial charge on any atom is -0.479 e. The summed E-state index contributed by atoms with van der Waals surface area (Å²) in [6, 6.07) is 7.64. The van der Waals surface area contributed by atoms with Gasteiger partial charge in [0.25, 0.3) is 0 Å². The van der Waals surface area contributed by atoms with Crippen molar-refractivity contribution in [1.82, 2.24) is 5.32 Å². The van der Waals surface area contributed by atoms with Gasteiger partial charge in [0.05, 0.1) is 11.3 Å². The van der Waals surface area contributed by atoms with E-state index in [2.05, 4.69) is 21.2 Å². The summed E-state index contributed by atoms with van der Waals surface area (Å²) in [7, 11) is 1.30. The Bertz CT molecular complexity index is 504. The summed E-state index contributed by atoms with van der Waals surface area (Å²) >= 11 is 4.77. The number of benzene rings is 1. The van der Waals surface area contributed by atoms with Crippen molar-refractivity contribution >= 4 is 39.6 Å². The van der Waals surface area contributed by atoms with Gasteiger partial charge in [0.2, 0.25) is 5.91 Å². The molecule has 0 aliphatic carbocycles. The molecule has 1 rings (SSSR count). The number of amides is 1. The highest BCUT2D eigenvalue weighted by Crippen LogP contribution is 2.33. The summed E-state index contributed by atoms with van der Waals surface area (Å²) in [6.07, 6.45) is -1.04. The van der Waals surface area contributed by atoms with E-state index in [1.807, 2.05) is 24.3 Å². The second-order valence-corrected chi connectivity index (χ2v) is 7.45. The van der Waals surface area contributed by atoms with Gasteiger partial charge < -0.3 is 15.2 Å². The van der Waals surface area contributed by atoms with E-state index in [4.69, 9.17) is 9.84 Å². The smallest absolute Gasteiger partial charge is 0.334 e. The van der Waals surface area contributed by atoms with E-state index in [9.17, 15) is 9.59 Å². The van der Waals surface area contributed by atoms with Crippen LogP contribution in [0.4, 0.5) is 0 Å². The largest absolute Gasteiger partial charge is 0.479 e. The Morgan fingerprint density at radius 2 is 1.95 bits per heavy atom. The van der Waals surface area contributed by atoms with E-state index in [1.165, 1.54) is 18.9 Å². The van der Waals surface area contributed by atoms with Crippen LogP contribution in [0.15, 0.2) is 33.6 Å². The highest BCUT2D eigenvalue weighted by Gasteiger charge is 2.30. The molecule has 7 heteroatoms. The second kappa shape index (κ2) is 7.82. The lowest BCUT2D eigenvalue weighted by atomic mass is 10.2. The molecule has 0 heterocycles. The van der Waals surface area contributed by atoms with Crippen LogP contribution >= 0.6 is 27.7 Å². The van der Waals surface area contributed by atoms with Crippen molar-refractivity contribution in [2.24, 2.45) is 0 Å². The Morgan fingerprint density at radius 3 is 2.43 bits per heavy atom. The molecule has 1 atom stereocenters. The number of ether oxygens (including phenoxy) is 1. The minimum absolute atomic E-state index is 0.0605. The van der Waals surface area contributed by atoms with Gasteiger partial charge in [-0.15, -0.1) is 11.8 Å². The first kappa shape index (κ1) is 18.0. The fraction of sp³-hybridized carbons (Fsp3) is 0.429. The standard InChI is InChI=1S/C14H18BrNO4S/c1-14(2,21-10-6-4-9(15)5-7-10)13(19)16-8-11(20-3)12(17)18/h4-7,11H,8H2,1-3H3,(H,16,19)(H,17,18). The molecular formula is C14H18BrNO4S. The molecule has 0 aliphatic heterocycles. The number of carbonyl (C=O) groups excluding carboxylic acids is 1. The Morgan fingerprint density at radius 1 is 1.38 bits per heavy atom. The molecule has 1 aromatic rings. The van der Waals surface area contributed by atoms with E-state index in [1.54, 1.807) is 13.8 Å². The molecular weight excluding hydrogens is 358 g/mol. The number of methoxy groups -OCH3 is 1. The molecule has 0 fully saturated rings. The van der Waals surface area contributed by atoms with Gasteiger partial charge >= 0.3 is 5.97 Å². The fourth-order valence-electron chi connectivity index (χ4n) is 1.51. The molecule has 0 radical (unpaired) electrons. The maximum absolute atomic E-state index is 12.2. The van der Waals surface area contributed by atoms with E-state index in [0.717, 1.165) is 9.37 Å². The minimum atomic E-state index is -1.10. The van der Waals surface area contributed by atoms with Gasteiger partial charge in [0.15, 0.2) is 6.10 Å². The zero-order chi connectivity index (χ0) is 16.0. The third-order valence-corrected chi connectivity index (χ3v) is 4.47. The molecule has 0 saturated heterocycles. The first-order valence-corrected chi connectivity index (χ1v) is 7.85. The molecule has 0 aromatic heterocycles. The number of carboxylic acids is 1. The van der Waals surface area contributed by atoms with Crippen molar-refractivity contribution < 1.29 is 19.4 Å². The SMILES string of the molecule is COC(CNC(=O)C(C)(C)Sc1ccc(Br)cc1)C(=O)O. The van der Waals surface area contributed by atoms with Gasteiger partial charge in [-0.25, -0.2) is 4.79 Å². The molecule has 5 nitrogen and oxygen atoms in total. The molecule has 0 aliphatic rings. The number of aliphatic carboxylic acids is 1. The Kier molecular flexibility index (Phi) is 6.70. The van der Waals surface area contributed by atoms with Crippen molar-refractivity contribution in [3.63, 3.8) is 0 Å². The molecule has 2 N–H and O–H groups in total. The van der Waals surface area contributed by atoms with E-state index in [0.29, 0.717) is 0 Å². The molecule has 1 amide bonds. The van der Waals surface area contributed by atoms with Crippen LogP contribution < -0.4 is 5.32 Å². The monoisotopic (exact) mass is 375 g/mol. The third kappa shape index (κ3) is 5.68. The quantitative estimate of drug-likeness (QED) is 0.716. The number of carbonyl (C=O) groups is 2. The zero-order valence-corrected chi connectivity index (χ0v) is 14.5. The highest BCUT2D eigenvalue weighted by atomic mass is 79.9. The molecule has 0 spiro atoms. The predicted molar refractivity (Wildman–Crippen MR) is 85.5 cm³/mol. The van der Waals surface area contributed by atoms with Crippen molar-refractivity contribution in [2.45, 2.75) is 29.6 Å². The lowest BCUT2D eigenvalue weighted by Crippen LogP contribution is -2.45. The normalized spacial score (nSPS) is 12.8. The van der Waals surface area contributed by atoms with Crippen LogP contribution in [0.3, 0.4) is 0 Å². The maximum atomic E-state index is 12.2. The lowest BCUT2D eigenvalue weighted by molar-refractivity contribution is -0.148. The van der Waals surface area contributed by atoms with Crippen LogP contribution in [0.1, 0.15) is 13.8 Å². The van der Waals surface area contributed by atoms with Gasteiger partial charge in [-0.1, -0.05) is 15.9 Å². The zero-order valence-electron chi connectivity index (χ0n) is 12.1. The summed E-state index contributed by atoms with van der Waals surface area (Å²) in [5.74, 6) is -1.34. The number of hydrogen-bond donors (Lipinski definition) is 2. The Hall–Kier alpha value is -1.05. The number of nitrogens with one attached hydrogen (secondary N) is 1. The predicted octanol–water partition coefficient (Wildman–Crippen LogP) is 2.54. The Balaban J connectivity index is 2.62. The van der Waals surface area contributed by atoms with Crippen molar-refractivity contribution in [2.75, 3.05) is 13.7 Å². The van der Waals surface area contributed by atoms with Gasteiger partial charge in [-0.05, 0) is 38.1 Å². The first-order chi connectivity index (χ1) is 9.76. The molecule has 21 heavy (non-hydrogen) atoms. The third-order valence-electron chi connectivity index (χ3n) is 2.74. The summed E-state index contributed by atoms with van der Waals surface area (Å²) < 4.78 is 5.03. The van der Waals surface area contributed by atoms with Gasteiger partial charge in [-0.2, -0.15) is 0 Å². The molecule has 1 unspecified atom stereocenters. The molecule has 1 aromatic carbocycles. The van der Waals surface area contributed by atoms with Gasteiger partial charge in [-0.3, -0.25) is 4.79 Å². The molecule has 116 valence electrons. The maximum Gasteiger partial charge on any atom is 0.334 e. The van der Waals surface area contributed by atoms with Crippen LogP contribution in [0.25, 0.3) is 0 Å². The van der Waals surface area contributed by atoms with Crippen LogP contribution in [0.2, 0.25) is 0 Å². The summed E-state index contributed by atoms with van der Waals surface area (Å²) in [5, 5.41) is 11.5. The van der Waals surface area contributed by atoms with Crippen molar-refractivity contribution in [1.29, 1.82) is 0 Å². The summed E-state index contributed by atoms with van der Waals surface area (Å²) in [4.78, 5) is 24.0. The molecule has 0 saturated carbocycles. The first-order valence-electron chi connectivity index (χ1n) is 6.24.